The number of nitrogens with zero attached hydrogens (tertiary/aromatic N) is 1. The lowest BCUT2D eigenvalue weighted by atomic mass is 10.1. The van der Waals surface area contributed by atoms with Gasteiger partial charge in [-0.2, -0.15) is 8.78 Å². The SMILES string of the molecule is CN=C(NCc1c(F)cccc1OC(F)F)NCC(C)(C)OC. The van der Waals surface area contributed by atoms with E-state index < -0.39 is 18.0 Å². The molecule has 0 saturated heterocycles. The molecule has 8 heteroatoms. The van der Waals surface area contributed by atoms with Gasteiger partial charge in [0.25, 0.3) is 0 Å². The van der Waals surface area contributed by atoms with Crippen molar-refractivity contribution in [1.82, 2.24) is 10.6 Å². The zero-order valence-electron chi connectivity index (χ0n) is 13.6. The van der Waals surface area contributed by atoms with Crippen LogP contribution in [-0.2, 0) is 11.3 Å². The molecule has 0 aliphatic carbocycles. The molecule has 5 nitrogen and oxygen atoms in total. The van der Waals surface area contributed by atoms with Gasteiger partial charge in [-0.05, 0) is 26.0 Å². The smallest absolute Gasteiger partial charge is 0.387 e. The number of alkyl halides is 2. The summed E-state index contributed by atoms with van der Waals surface area (Å²) >= 11 is 0. The maximum Gasteiger partial charge on any atom is 0.387 e. The lowest BCUT2D eigenvalue weighted by molar-refractivity contribution is -0.0506. The topological polar surface area (TPSA) is 54.9 Å². The van der Waals surface area contributed by atoms with E-state index in [9.17, 15) is 13.2 Å². The lowest BCUT2D eigenvalue weighted by Crippen LogP contribution is -2.45. The Labute approximate surface area is 133 Å². The number of benzene rings is 1. The molecule has 0 radical (unpaired) electrons. The van der Waals surface area contributed by atoms with Crippen LogP contribution in [0.4, 0.5) is 13.2 Å². The van der Waals surface area contributed by atoms with Crippen LogP contribution >= 0.6 is 0 Å². The van der Waals surface area contributed by atoms with E-state index >= 15 is 0 Å². The fourth-order valence-corrected chi connectivity index (χ4v) is 1.68. The van der Waals surface area contributed by atoms with Crippen molar-refractivity contribution < 1.29 is 22.6 Å². The van der Waals surface area contributed by atoms with Crippen molar-refractivity contribution in [3.63, 3.8) is 0 Å². The Bertz CT molecular complexity index is 537. The monoisotopic (exact) mass is 333 g/mol. The highest BCUT2D eigenvalue weighted by atomic mass is 19.3. The Morgan fingerprint density at radius 1 is 1.30 bits per heavy atom. The molecular formula is C15H22F3N3O2. The normalized spacial score (nSPS) is 12.4. The van der Waals surface area contributed by atoms with Crippen LogP contribution in [0.3, 0.4) is 0 Å². The number of nitrogens with one attached hydrogen (secondary N) is 2. The van der Waals surface area contributed by atoms with Gasteiger partial charge in [0.2, 0.25) is 0 Å². The minimum Gasteiger partial charge on any atom is -0.434 e. The number of ether oxygens (including phenoxy) is 2. The van der Waals surface area contributed by atoms with Gasteiger partial charge >= 0.3 is 6.61 Å². The average molecular weight is 333 g/mol. The van der Waals surface area contributed by atoms with Gasteiger partial charge in [0.05, 0.1) is 5.60 Å². The second-order valence-corrected chi connectivity index (χ2v) is 5.34. The van der Waals surface area contributed by atoms with E-state index in [1.54, 1.807) is 14.2 Å². The summed E-state index contributed by atoms with van der Waals surface area (Å²) in [6.07, 6.45) is 0. The van der Waals surface area contributed by atoms with Crippen molar-refractivity contribution in [2.75, 3.05) is 20.7 Å². The van der Waals surface area contributed by atoms with Gasteiger partial charge < -0.3 is 20.1 Å². The minimum atomic E-state index is -3.02. The molecule has 0 unspecified atom stereocenters. The highest BCUT2D eigenvalue weighted by Gasteiger charge is 2.17. The summed E-state index contributed by atoms with van der Waals surface area (Å²) in [5, 5.41) is 5.87. The summed E-state index contributed by atoms with van der Waals surface area (Å²) in [6.45, 7) is 1.16. The molecule has 0 fully saturated rings. The highest BCUT2D eigenvalue weighted by molar-refractivity contribution is 5.79. The molecule has 130 valence electrons. The number of hydrogen-bond donors (Lipinski definition) is 2. The molecule has 0 aliphatic rings. The first-order valence-corrected chi connectivity index (χ1v) is 7.01. The van der Waals surface area contributed by atoms with Crippen LogP contribution < -0.4 is 15.4 Å². The predicted octanol–water partition coefficient (Wildman–Crippen LogP) is 2.52. The van der Waals surface area contributed by atoms with E-state index in [0.29, 0.717) is 12.5 Å². The quantitative estimate of drug-likeness (QED) is 0.595. The molecule has 0 amide bonds. The second-order valence-electron chi connectivity index (χ2n) is 5.34. The van der Waals surface area contributed by atoms with E-state index in [-0.39, 0.29) is 17.9 Å². The minimum absolute atomic E-state index is 0.00162. The Hall–Kier alpha value is -1.96. The molecular weight excluding hydrogens is 311 g/mol. The molecule has 23 heavy (non-hydrogen) atoms. The van der Waals surface area contributed by atoms with Crippen molar-refractivity contribution in [1.29, 1.82) is 0 Å². The number of halogens is 3. The second kappa shape index (κ2) is 8.61. The molecule has 1 aromatic rings. The maximum atomic E-state index is 13.8. The van der Waals surface area contributed by atoms with Gasteiger partial charge in [-0.25, -0.2) is 4.39 Å². The average Bonchev–Trinajstić information content (AvgIpc) is 2.49. The zero-order chi connectivity index (χ0) is 17.5. The zero-order valence-corrected chi connectivity index (χ0v) is 13.6. The van der Waals surface area contributed by atoms with E-state index in [1.807, 2.05) is 13.8 Å². The van der Waals surface area contributed by atoms with Crippen molar-refractivity contribution in [3.8, 4) is 5.75 Å². The Balaban J connectivity index is 2.72. The largest absolute Gasteiger partial charge is 0.434 e. The van der Waals surface area contributed by atoms with Crippen LogP contribution in [0.2, 0.25) is 0 Å². The third-order valence-corrected chi connectivity index (χ3v) is 3.18. The van der Waals surface area contributed by atoms with Crippen molar-refractivity contribution in [2.45, 2.75) is 32.6 Å². The van der Waals surface area contributed by atoms with Crippen LogP contribution in [0.15, 0.2) is 23.2 Å². The Morgan fingerprint density at radius 3 is 2.57 bits per heavy atom. The fourth-order valence-electron chi connectivity index (χ4n) is 1.68. The number of guanidine groups is 1. The maximum absolute atomic E-state index is 13.8. The Kier molecular flexibility index (Phi) is 7.15. The molecule has 1 aromatic carbocycles. The highest BCUT2D eigenvalue weighted by Crippen LogP contribution is 2.23. The molecule has 0 heterocycles. The van der Waals surface area contributed by atoms with E-state index in [0.717, 1.165) is 0 Å². The summed E-state index contributed by atoms with van der Waals surface area (Å²) in [5.74, 6) is -0.454. The lowest BCUT2D eigenvalue weighted by Gasteiger charge is -2.24. The molecule has 0 aromatic heterocycles. The van der Waals surface area contributed by atoms with Gasteiger partial charge in [0.15, 0.2) is 5.96 Å². The standard InChI is InChI=1S/C15H22F3N3O2/c1-15(2,22-4)9-21-14(19-3)20-8-10-11(16)6-5-7-12(10)23-13(17)18/h5-7,13H,8-9H2,1-4H3,(H2,19,20,21). The number of aliphatic imine (C=N–C) groups is 1. The van der Waals surface area contributed by atoms with Crippen LogP contribution in [0.25, 0.3) is 0 Å². The summed E-state index contributed by atoms with van der Waals surface area (Å²) in [4.78, 5) is 3.99. The van der Waals surface area contributed by atoms with Crippen LogP contribution in [0, 0.1) is 5.82 Å². The first-order valence-electron chi connectivity index (χ1n) is 7.01. The third-order valence-electron chi connectivity index (χ3n) is 3.18. The van der Waals surface area contributed by atoms with Crippen LogP contribution in [-0.4, -0.2) is 38.9 Å². The molecule has 0 spiro atoms. The van der Waals surface area contributed by atoms with E-state index in [4.69, 9.17) is 4.74 Å². The molecule has 0 bridgehead atoms. The molecule has 1 rings (SSSR count). The van der Waals surface area contributed by atoms with E-state index in [2.05, 4.69) is 20.4 Å². The summed E-state index contributed by atoms with van der Waals surface area (Å²) < 4.78 is 48.2. The fraction of sp³-hybridized carbons (Fsp3) is 0.533. The summed E-state index contributed by atoms with van der Waals surface area (Å²) in [5.41, 5.74) is -0.415. The molecule has 0 saturated carbocycles. The number of methoxy groups -OCH3 is 1. The van der Waals surface area contributed by atoms with Crippen LogP contribution in [0.1, 0.15) is 19.4 Å². The van der Waals surface area contributed by atoms with Gasteiger partial charge in [-0.1, -0.05) is 6.07 Å². The first-order chi connectivity index (χ1) is 10.8. The number of hydrogen-bond acceptors (Lipinski definition) is 3. The van der Waals surface area contributed by atoms with Gasteiger partial charge in [0.1, 0.15) is 11.6 Å². The predicted molar refractivity (Wildman–Crippen MR) is 82.3 cm³/mol. The van der Waals surface area contributed by atoms with Gasteiger partial charge in [0, 0.05) is 32.8 Å². The van der Waals surface area contributed by atoms with Crippen molar-refractivity contribution in [3.05, 3.63) is 29.6 Å². The van der Waals surface area contributed by atoms with Gasteiger partial charge in [-0.15, -0.1) is 0 Å². The van der Waals surface area contributed by atoms with Crippen molar-refractivity contribution >= 4 is 5.96 Å². The summed E-state index contributed by atoms with van der Waals surface area (Å²) in [6, 6.07) is 3.78. The first kappa shape index (κ1) is 19.1. The molecule has 2 N–H and O–H groups in total. The summed E-state index contributed by atoms with van der Waals surface area (Å²) in [7, 11) is 3.14. The Morgan fingerprint density at radius 2 is 2.00 bits per heavy atom. The van der Waals surface area contributed by atoms with Crippen LogP contribution in [0.5, 0.6) is 5.75 Å². The van der Waals surface area contributed by atoms with Crippen molar-refractivity contribution in [2.24, 2.45) is 4.99 Å². The van der Waals surface area contributed by atoms with Gasteiger partial charge in [-0.3, -0.25) is 4.99 Å². The van der Waals surface area contributed by atoms with E-state index in [1.165, 1.54) is 18.2 Å². The number of rotatable bonds is 7. The molecule has 0 aliphatic heterocycles. The third kappa shape index (κ3) is 6.35. The molecule has 0 atom stereocenters.